The van der Waals surface area contributed by atoms with Crippen LogP contribution in [0.3, 0.4) is 0 Å². The molecule has 158 valence electrons. The van der Waals surface area contributed by atoms with Crippen LogP contribution in [-0.4, -0.2) is 35.3 Å². The lowest BCUT2D eigenvalue weighted by Gasteiger charge is -2.30. The van der Waals surface area contributed by atoms with Gasteiger partial charge < -0.3 is 20.9 Å². The quantitative estimate of drug-likeness (QED) is 0.648. The maximum absolute atomic E-state index is 10.7. The van der Waals surface area contributed by atoms with Gasteiger partial charge in [0.1, 0.15) is 5.54 Å². The lowest BCUT2D eigenvalue weighted by Crippen LogP contribution is -2.48. The Morgan fingerprint density at radius 2 is 1.54 bits per heavy atom. The van der Waals surface area contributed by atoms with E-state index in [-0.39, 0.29) is 6.61 Å². The number of nitrogens with one attached hydrogen (secondary N) is 1. The van der Waals surface area contributed by atoms with Gasteiger partial charge in [0.05, 0.1) is 13.2 Å². The van der Waals surface area contributed by atoms with Crippen molar-refractivity contribution in [3.05, 3.63) is 35.9 Å². The molecule has 0 radical (unpaired) electrons. The summed E-state index contributed by atoms with van der Waals surface area (Å²) in [5, 5.41) is 12.6. The van der Waals surface area contributed by atoms with Gasteiger partial charge in [0.25, 0.3) is 0 Å². The molecule has 2 aliphatic carbocycles. The minimum atomic E-state index is -1.32. The van der Waals surface area contributed by atoms with E-state index in [2.05, 4.69) is 5.32 Å². The Kier molecular flexibility index (Phi) is 9.96. The SMILES string of the molecule is C1CCC(NC2CCCCC2)CC1.CC(N)(COCc1ccccc1)C(=O)O. The molecular formula is C23H38N2O3. The number of carboxylic acid groups (broad SMARTS) is 1. The summed E-state index contributed by atoms with van der Waals surface area (Å²) in [4.78, 5) is 10.7. The minimum absolute atomic E-state index is 0.00275. The summed E-state index contributed by atoms with van der Waals surface area (Å²) < 4.78 is 5.24. The first-order valence-corrected chi connectivity index (χ1v) is 10.9. The molecule has 1 aromatic carbocycles. The number of carboxylic acids is 1. The molecule has 28 heavy (non-hydrogen) atoms. The van der Waals surface area contributed by atoms with Crippen molar-refractivity contribution < 1.29 is 14.6 Å². The topological polar surface area (TPSA) is 84.6 Å². The number of hydrogen-bond donors (Lipinski definition) is 3. The Hall–Kier alpha value is -1.43. The molecule has 0 bridgehead atoms. The lowest BCUT2D eigenvalue weighted by atomic mass is 9.91. The summed E-state index contributed by atoms with van der Waals surface area (Å²) in [6.07, 6.45) is 14.6. The second-order valence-electron chi connectivity index (χ2n) is 8.54. The molecule has 2 saturated carbocycles. The molecule has 4 N–H and O–H groups in total. The molecule has 0 aliphatic heterocycles. The summed E-state index contributed by atoms with van der Waals surface area (Å²) in [6.45, 7) is 1.80. The molecule has 5 nitrogen and oxygen atoms in total. The van der Waals surface area contributed by atoms with E-state index < -0.39 is 11.5 Å². The van der Waals surface area contributed by atoms with Gasteiger partial charge in [-0.05, 0) is 38.2 Å². The van der Waals surface area contributed by atoms with Crippen LogP contribution in [-0.2, 0) is 16.1 Å². The maximum Gasteiger partial charge on any atom is 0.325 e. The molecule has 5 heteroatoms. The van der Waals surface area contributed by atoms with Crippen molar-refractivity contribution in [2.75, 3.05) is 6.61 Å². The van der Waals surface area contributed by atoms with Crippen LogP contribution in [0.1, 0.15) is 76.7 Å². The molecule has 1 unspecified atom stereocenters. The molecule has 0 amide bonds. The van der Waals surface area contributed by atoms with Crippen molar-refractivity contribution in [1.82, 2.24) is 5.32 Å². The average Bonchev–Trinajstić information content (AvgIpc) is 2.71. The van der Waals surface area contributed by atoms with E-state index in [4.69, 9.17) is 15.6 Å². The summed E-state index contributed by atoms with van der Waals surface area (Å²) >= 11 is 0. The zero-order chi connectivity index (χ0) is 20.2. The predicted octanol–water partition coefficient (Wildman–Crippen LogP) is 4.25. The Labute approximate surface area is 170 Å². The number of benzene rings is 1. The lowest BCUT2D eigenvalue weighted by molar-refractivity contribution is -0.145. The molecule has 0 saturated heterocycles. The fourth-order valence-electron chi connectivity index (χ4n) is 3.89. The number of rotatable bonds is 7. The smallest absolute Gasteiger partial charge is 0.325 e. The second-order valence-corrected chi connectivity index (χ2v) is 8.54. The zero-order valence-electron chi connectivity index (χ0n) is 17.4. The Morgan fingerprint density at radius 1 is 1.04 bits per heavy atom. The van der Waals surface area contributed by atoms with Crippen LogP contribution in [0.5, 0.6) is 0 Å². The molecule has 2 aliphatic rings. The van der Waals surface area contributed by atoms with Crippen molar-refractivity contribution in [3.8, 4) is 0 Å². The van der Waals surface area contributed by atoms with Crippen molar-refractivity contribution in [3.63, 3.8) is 0 Å². The van der Waals surface area contributed by atoms with E-state index in [9.17, 15) is 4.79 Å². The van der Waals surface area contributed by atoms with Gasteiger partial charge in [-0.1, -0.05) is 68.9 Å². The third-order valence-corrected chi connectivity index (χ3v) is 5.68. The molecule has 0 heterocycles. The Bertz CT molecular complexity index is 534. The van der Waals surface area contributed by atoms with Gasteiger partial charge >= 0.3 is 5.97 Å². The standard InChI is InChI=1S/C12H23N.C11H15NO3/c1-3-7-11(8-4-1)13-12-9-5-2-6-10-12;1-11(12,10(13)14)8-15-7-9-5-3-2-4-6-9/h11-13H,1-10H2;2-6H,7-8,12H2,1H3,(H,13,14). The van der Waals surface area contributed by atoms with Crippen LogP contribution in [0.4, 0.5) is 0 Å². The highest BCUT2D eigenvalue weighted by atomic mass is 16.5. The van der Waals surface area contributed by atoms with Crippen LogP contribution in [0.15, 0.2) is 30.3 Å². The molecular weight excluding hydrogens is 352 g/mol. The predicted molar refractivity (Wildman–Crippen MR) is 113 cm³/mol. The van der Waals surface area contributed by atoms with Gasteiger partial charge in [0.2, 0.25) is 0 Å². The van der Waals surface area contributed by atoms with Gasteiger partial charge in [0.15, 0.2) is 0 Å². The van der Waals surface area contributed by atoms with Crippen molar-refractivity contribution in [2.24, 2.45) is 5.73 Å². The number of aliphatic carboxylic acids is 1. The van der Waals surface area contributed by atoms with Crippen LogP contribution in [0.25, 0.3) is 0 Å². The van der Waals surface area contributed by atoms with Crippen molar-refractivity contribution in [2.45, 2.75) is 95.4 Å². The number of nitrogens with two attached hydrogens (primary N) is 1. The monoisotopic (exact) mass is 390 g/mol. The first-order chi connectivity index (χ1) is 13.5. The van der Waals surface area contributed by atoms with Gasteiger partial charge in [0, 0.05) is 12.1 Å². The van der Waals surface area contributed by atoms with E-state index in [0.717, 1.165) is 17.6 Å². The highest BCUT2D eigenvalue weighted by Crippen LogP contribution is 2.22. The number of carbonyl (C=O) groups is 1. The minimum Gasteiger partial charge on any atom is -0.480 e. The molecule has 3 rings (SSSR count). The summed E-state index contributed by atoms with van der Waals surface area (Å²) in [6, 6.07) is 11.3. The first-order valence-electron chi connectivity index (χ1n) is 10.9. The molecule has 0 aromatic heterocycles. The van der Waals surface area contributed by atoms with E-state index in [1.807, 2.05) is 30.3 Å². The highest BCUT2D eigenvalue weighted by molar-refractivity contribution is 5.77. The molecule has 1 aromatic rings. The van der Waals surface area contributed by atoms with Gasteiger partial charge in [-0.2, -0.15) is 0 Å². The van der Waals surface area contributed by atoms with E-state index in [1.165, 1.54) is 71.1 Å². The molecule has 1 atom stereocenters. The Morgan fingerprint density at radius 3 is 2.00 bits per heavy atom. The molecule has 2 fully saturated rings. The third-order valence-electron chi connectivity index (χ3n) is 5.68. The summed E-state index contributed by atoms with van der Waals surface area (Å²) in [5.74, 6) is -1.06. The molecule has 0 spiro atoms. The van der Waals surface area contributed by atoms with Gasteiger partial charge in [-0.3, -0.25) is 4.79 Å². The normalized spacial score (nSPS) is 20.6. The maximum atomic E-state index is 10.7. The van der Waals surface area contributed by atoms with E-state index in [1.54, 1.807) is 0 Å². The largest absolute Gasteiger partial charge is 0.480 e. The fourth-order valence-corrected chi connectivity index (χ4v) is 3.89. The van der Waals surface area contributed by atoms with Crippen LogP contribution >= 0.6 is 0 Å². The number of ether oxygens (including phenoxy) is 1. The van der Waals surface area contributed by atoms with Gasteiger partial charge in [-0.25, -0.2) is 0 Å². The van der Waals surface area contributed by atoms with Gasteiger partial charge in [-0.15, -0.1) is 0 Å². The first kappa shape index (κ1) is 22.9. The van der Waals surface area contributed by atoms with Crippen LogP contribution < -0.4 is 11.1 Å². The highest BCUT2D eigenvalue weighted by Gasteiger charge is 2.28. The van der Waals surface area contributed by atoms with E-state index >= 15 is 0 Å². The van der Waals surface area contributed by atoms with E-state index in [0.29, 0.717) is 6.61 Å². The van der Waals surface area contributed by atoms with Crippen molar-refractivity contribution >= 4 is 5.97 Å². The van der Waals surface area contributed by atoms with Crippen LogP contribution in [0, 0.1) is 0 Å². The fraction of sp³-hybridized carbons (Fsp3) is 0.696. The second kappa shape index (κ2) is 12.2. The number of hydrogen-bond acceptors (Lipinski definition) is 4. The summed E-state index contributed by atoms with van der Waals surface area (Å²) in [5.41, 5.74) is 5.17. The van der Waals surface area contributed by atoms with Crippen LogP contribution in [0.2, 0.25) is 0 Å². The zero-order valence-corrected chi connectivity index (χ0v) is 17.4. The average molecular weight is 391 g/mol. The summed E-state index contributed by atoms with van der Waals surface area (Å²) in [7, 11) is 0. The van der Waals surface area contributed by atoms with Crippen molar-refractivity contribution in [1.29, 1.82) is 0 Å². The Balaban J connectivity index is 0.000000202. The third kappa shape index (κ3) is 8.72.